The first-order valence-electron chi connectivity index (χ1n) is 18.3. The van der Waals surface area contributed by atoms with Crippen LogP contribution in [-0.2, 0) is 0 Å². The van der Waals surface area contributed by atoms with Crippen LogP contribution in [0.5, 0.6) is 0 Å². The maximum atomic E-state index is 7.15. The third-order valence-corrected chi connectivity index (χ3v) is 10.7. The molecule has 0 amide bonds. The molecule has 3 aromatic heterocycles. The first kappa shape index (κ1) is 31.1. The molecule has 3 heterocycles. The molecule has 0 radical (unpaired) electrons. The standard InChI is InChI=1S/C50H36N2O/c1-33-15-11-12-22-40(33)49-47(38-20-9-4-10-21-38)42-29-30-45-48(50(42)53-49)41-23-13-14-24-44(41)52(45)46-32-39(31-43(51-46)37-18-7-3-8-19-37)36-27-25-35(26-28-36)34-16-5-2-6-17-34/h2-33,40H,1H3. The molecule has 10 rings (SSSR count). The number of nitrogens with zero attached hydrogens (tertiary/aromatic N) is 2. The first-order valence-corrected chi connectivity index (χ1v) is 18.3. The predicted octanol–water partition coefficient (Wildman–Crippen LogP) is 13.4. The molecule has 6 aromatic carbocycles. The molecule has 2 atom stereocenters. The lowest BCUT2D eigenvalue weighted by Crippen LogP contribution is -2.07. The number of furan rings is 1. The van der Waals surface area contributed by atoms with Crippen molar-refractivity contribution in [2.24, 2.45) is 5.92 Å². The summed E-state index contributed by atoms with van der Waals surface area (Å²) in [6.07, 6.45) is 8.83. The Morgan fingerprint density at radius 2 is 1.11 bits per heavy atom. The van der Waals surface area contributed by atoms with Crippen molar-refractivity contribution in [3.8, 4) is 50.5 Å². The maximum Gasteiger partial charge on any atom is 0.144 e. The number of rotatable bonds is 6. The number of hydrogen-bond acceptors (Lipinski definition) is 2. The van der Waals surface area contributed by atoms with E-state index in [4.69, 9.17) is 9.40 Å². The van der Waals surface area contributed by atoms with Crippen molar-refractivity contribution < 1.29 is 4.42 Å². The Balaban J connectivity index is 1.22. The summed E-state index contributed by atoms with van der Waals surface area (Å²) in [7, 11) is 0. The van der Waals surface area contributed by atoms with Crippen LogP contribution in [0.25, 0.3) is 83.2 Å². The fourth-order valence-corrected chi connectivity index (χ4v) is 8.09. The summed E-state index contributed by atoms with van der Waals surface area (Å²) in [4.78, 5) is 5.39. The summed E-state index contributed by atoms with van der Waals surface area (Å²) in [6.45, 7) is 2.27. The molecule has 0 saturated heterocycles. The number of fused-ring (bicyclic) bond motifs is 5. The van der Waals surface area contributed by atoms with Gasteiger partial charge in [-0.1, -0.05) is 165 Å². The molecule has 0 bridgehead atoms. The van der Waals surface area contributed by atoms with Gasteiger partial charge in [0.2, 0.25) is 0 Å². The topological polar surface area (TPSA) is 31.0 Å². The highest BCUT2D eigenvalue weighted by molar-refractivity contribution is 6.21. The Hall–Kier alpha value is -6.71. The second-order valence-corrected chi connectivity index (χ2v) is 14.0. The van der Waals surface area contributed by atoms with Crippen molar-refractivity contribution in [3.63, 3.8) is 0 Å². The van der Waals surface area contributed by atoms with Crippen molar-refractivity contribution in [2.45, 2.75) is 12.8 Å². The van der Waals surface area contributed by atoms with Gasteiger partial charge >= 0.3 is 0 Å². The molecule has 252 valence electrons. The third kappa shape index (κ3) is 5.32. The van der Waals surface area contributed by atoms with E-state index in [1.165, 1.54) is 22.3 Å². The summed E-state index contributed by atoms with van der Waals surface area (Å²) in [5.41, 5.74) is 12.1. The highest BCUT2D eigenvalue weighted by Gasteiger charge is 2.28. The molecule has 3 nitrogen and oxygen atoms in total. The van der Waals surface area contributed by atoms with Crippen LogP contribution < -0.4 is 0 Å². The van der Waals surface area contributed by atoms with Crippen molar-refractivity contribution >= 4 is 32.8 Å². The molecular weight excluding hydrogens is 645 g/mol. The van der Waals surface area contributed by atoms with Gasteiger partial charge < -0.3 is 4.42 Å². The summed E-state index contributed by atoms with van der Waals surface area (Å²) >= 11 is 0. The van der Waals surface area contributed by atoms with E-state index in [2.05, 4.69) is 200 Å². The van der Waals surface area contributed by atoms with Gasteiger partial charge in [-0.05, 0) is 64.1 Å². The second kappa shape index (κ2) is 12.8. The third-order valence-electron chi connectivity index (χ3n) is 10.7. The van der Waals surface area contributed by atoms with Gasteiger partial charge in [0.1, 0.15) is 17.2 Å². The molecule has 0 fully saturated rings. The summed E-state index contributed by atoms with van der Waals surface area (Å²) in [6, 6.07) is 58.1. The maximum absolute atomic E-state index is 7.15. The number of para-hydroxylation sites is 1. The lowest BCUT2D eigenvalue weighted by molar-refractivity contribution is 0.483. The summed E-state index contributed by atoms with van der Waals surface area (Å²) in [5, 5.41) is 3.37. The average molecular weight is 681 g/mol. The van der Waals surface area contributed by atoms with E-state index >= 15 is 0 Å². The number of aromatic nitrogens is 2. The zero-order valence-electron chi connectivity index (χ0n) is 29.4. The number of hydrogen-bond donors (Lipinski definition) is 0. The summed E-state index contributed by atoms with van der Waals surface area (Å²) < 4.78 is 9.46. The fraction of sp³-hybridized carbons (Fsp3) is 0.0600. The van der Waals surface area contributed by atoms with Gasteiger partial charge in [-0.15, -0.1) is 0 Å². The molecule has 0 aliphatic heterocycles. The molecule has 1 aliphatic rings. The number of allylic oxidation sites excluding steroid dienone is 4. The van der Waals surface area contributed by atoms with E-state index in [1.807, 2.05) is 0 Å². The molecule has 1 aliphatic carbocycles. The SMILES string of the molecule is CC1C=CC=CC1c1oc2c(ccc3c2c2ccccc2n3-c2cc(-c3ccc(-c4ccccc4)cc3)cc(-c3ccccc3)n2)c1-c1ccccc1. The van der Waals surface area contributed by atoms with Gasteiger partial charge in [0.15, 0.2) is 0 Å². The molecule has 0 saturated carbocycles. The number of pyridine rings is 1. The number of benzene rings is 6. The molecule has 9 aromatic rings. The Morgan fingerprint density at radius 3 is 1.83 bits per heavy atom. The fourth-order valence-electron chi connectivity index (χ4n) is 8.09. The Kier molecular flexibility index (Phi) is 7.51. The van der Waals surface area contributed by atoms with Crippen LogP contribution in [0.2, 0.25) is 0 Å². The second-order valence-electron chi connectivity index (χ2n) is 14.0. The monoisotopic (exact) mass is 680 g/mol. The Morgan fingerprint density at radius 1 is 0.509 bits per heavy atom. The van der Waals surface area contributed by atoms with Crippen LogP contribution in [0.4, 0.5) is 0 Å². The molecular formula is C50H36N2O. The van der Waals surface area contributed by atoms with Gasteiger partial charge in [0.05, 0.1) is 22.1 Å². The van der Waals surface area contributed by atoms with E-state index in [1.54, 1.807) is 0 Å². The molecule has 3 heteroatoms. The Bertz CT molecular complexity index is 2820. The van der Waals surface area contributed by atoms with E-state index in [-0.39, 0.29) is 5.92 Å². The zero-order valence-corrected chi connectivity index (χ0v) is 29.4. The van der Waals surface area contributed by atoms with Crippen molar-refractivity contribution in [2.75, 3.05) is 0 Å². The minimum Gasteiger partial charge on any atom is -0.459 e. The highest BCUT2D eigenvalue weighted by atomic mass is 16.3. The molecule has 0 spiro atoms. The lowest BCUT2D eigenvalue weighted by atomic mass is 9.84. The van der Waals surface area contributed by atoms with Crippen molar-refractivity contribution in [1.29, 1.82) is 0 Å². The van der Waals surface area contributed by atoms with Crippen LogP contribution in [0, 0.1) is 5.92 Å². The van der Waals surface area contributed by atoms with Crippen LogP contribution in [0.3, 0.4) is 0 Å². The van der Waals surface area contributed by atoms with Crippen LogP contribution in [0.15, 0.2) is 193 Å². The zero-order chi connectivity index (χ0) is 35.3. The van der Waals surface area contributed by atoms with Gasteiger partial charge in [-0.3, -0.25) is 4.57 Å². The van der Waals surface area contributed by atoms with Crippen LogP contribution >= 0.6 is 0 Å². The van der Waals surface area contributed by atoms with E-state index in [0.29, 0.717) is 5.92 Å². The van der Waals surface area contributed by atoms with Gasteiger partial charge in [-0.25, -0.2) is 4.98 Å². The van der Waals surface area contributed by atoms with E-state index in [0.717, 1.165) is 66.7 Å². The quantitative estimate of drug-likeness (QED) is 0.175. The molecule has 0 N–H and O–H groups in total. The van der Waals surface area contributed by atoms with E-state index in [9.17, 15) is 0 Å². The predicted molar refractivity (Wildman–Crippen MR) is 220 cm³/mol. The first-order chi connectivity index (χ1) is 26.2. The van der Waals surface area contributed by atoms with Crippen LogP contribution in [0.1, 0.15) is 18.6 Å². The van der Waals surface area contributed by atoms with Gasteiger partial charge in [0, 0.05) is 27.8 Å². The smallest absolute Gasteiger partial charge is 0.144 e. The molecule has 53 heavy (non-hydrogen) atoms. The largest absolute Gasteiger partial charge is 0.459 e. The van der Waals surface area contributed by atoms with Crippen LogP contribution in [-0.4, -0.2) is 9.55 Å². The average Bonchev–Trinajstić information content (AvgIpc) is 3.78. The Labute approximate surface area is 308 Å². The minimum absolute atomic E-state index is 0.131. The van der Waals surface area contributed by atoms with Crippen molar-refractivity contribution in [1.82, 2.24) is 9.55 Å². The molecule has 2 unspecified atom stereocenters. The van der Waals surface area contributed by atoms with Crippen molar-refractivity contribution in [3.05, 3.63) is 194 Å². The lowest BCUT2D eigenvalue weighted by Gasteiger charge is -2.19. The van der Waals surface area contributed by atoms with E-state index < -0.39 is 0 Å². The normalized spacial score (nSPS) is 15.5. The van der Waals surface area contributed by atoms with Gasteiger partial charge in [0.25, 0.3) is 0 Å². The minimum atomic E-state index is 0.131. The summed E-state index contributed by atoms with van der Waals surface area (Å²) in [5.74, 6) is 2.31. The highest BCUT2D eigenvalue weighted by Crippen LogP contribution is 2.47. The van der Waals surface area contributed by atoms with Gasteiger partial charge in [-0.2, -0.15) is 0 Å².